The third-order valence-corrected chi connectivity index (χ3v) is 5.14. The summed E-state index contributed by atoms with van der Waals surface area (Å²) < 4.78 is 0. The molecule has 2 N–H and O–H groups in total. The van der Waals surface area contributed by atoms with Crippen LogP contribution in [0.15, 0.2) is 0 Å². The standard InChI is InChI=1S/C16H33N/c1-6-13(7-2)11-16(4,5)14-9-8-12(3)10-15(14)17/h12-15H,6-11,17H2,1-5H3. The highest BCUT2D eigenvalue weighted by atomic mass is 14.7. The average Bonchev–Trinajstić information content (AvgIpc) is 2.25. The molecule has 3 unspecified atom stereocenters. The average molecular weight is 239 g/mol. The van der Waals surface area contributed by atoms with E-state index in [2.05, 4.69) is 34.6 Å². The molecule has 102 valence electrons. The molecule has 1 rings (SSSR count). The smallest absolute Gasteiger partial charge is 0.00747 e. The van der Waals surface area contributed by atoms with Gasteiger partial charge in [-0.1, -0.05) is 53.9 Å². The highest BCUT2D eigenvalue weighted by Gasteiger charge is 2.37. The lowest BCUT2D eigenvalue weighted by Crippen LogP contribution is -2.44. The van der Waals surface area contributed by atoms with E-state index < -0.39 is 0 Å². The monoisotopic (exact) mass is 239 g/mol. The highest BCUT2D eigenvalue weighted by molar-refractivity contribution is 4.91. The van der Waals surface area contributed by atoms with Crippen LogP contribution in [0.5, 0.6) is 0 Å². The first-order valence-electron chi connectivity index (χ1n) is 7.66. The van der Waals surface area contributed by atoms with Crippen LogP contribution < -0.4 is 5.73 Å². The van der Waals surface area contributed by atoms with Gasteiger partial charge in [-0.25, -0.2) is 0 Å². The molecule has 3 atom stereocenters. The molecule has 0 aromatic heterocycles. The summed E-state index contributed by atoms with van der Waals surface area (Å²) in [6.07, 6.45) is 7.94. The van der Waals surface area contributed by atoms with E-state index in [0.29, 0.717) is 11.5 Å². The van der Waals surface area contributed by atoms with Gasteiger partial charge in [-0.3, -0.25) is 0 Å². The molecule has 1 fully saturated rings. The third kappa shape index (κ3) is 3.98. The minimum Gasteiger partial charge on any atom is -0.327 e. The van der Waals surface area contributed by atoms with Crippen molar-refractivity contribution in [2.45, 2.75) is 79.2 Å². The van der Waals surface area contributed by atoms with Crippen molar-refractivity contribution in [3.05, 3.63) is 0 Å². The highest BCUT2D eigenvalue weighted by Crippen LogP contribution is 2.44. The minimum absolute atomic E-state index is 0.427. The molecular weight excluding hydrogens is 206 g/mol. The molecule has 1 aliphatic carbocycles. The molecule has 0 heterocycles. The second kappa shape index (κ2) is 6.22. The van der Waals surface area contributed by atoms with Crippen molar-refractivity contribution in [3.8, 4) is 0 Å². The fourth-order valence-corrected chi connectivity index (χ4v) is 3.87. The van der Waals surface area contributed by atoms with E-state index in [-0.39, 0.29) is 0 Å². The molecular formula is C16H33N. The van der Waals surface area contributed by atoms with E-state index in [4.69, 9.17) is 5.73 Å². The molecule has 0 bridgehead atoms. The van der Waals surface area contributed by atoms with Crippen molar-refractivity contribution in [2.24, 2.45) is 28.9 Å². The van der Waals surface area contributed by atoms with Crippen molar-refractivity contribution in [1.29, 1.82) is 0 Å². The first-order valence-corrected chi connectivity index (χ1v) is 7.66. The number of rotatable bonds is 5. The Labute approximate surface area is 109 Å². The van der Waals surface area contributed by atoms with E-state index in [1.807, 2.05) is 0 Å². The lowest BCUT2D eigenvalue weighted by atomic mass is 9.63. The summed E-state index contributed by atoms with van der Waals surface area (Å²) >= 11 is 0. The van der Waals surface area contributed by atoms with E-state index in [1.54, 1.807) is 0 Å². The first-order chi connectivity index (χ1) is 7.90. The third-order valence-electron chi connectivity index (χ3n) is 5.14. The predicted molar refractivity (Wildman–Crippen MR) is 77.0 cm³/mol. The Morgan fingerprint density at radius 3 is 2.24 bits per heavy atom. The van der Waals surface area contributed by atoms with E-state index in [9.17, 15) is 0 Å². The summed E-state index contributed by atoms with van der Waals surface area (Å²) in [5, 5.41) is 0. The Morgan fingerprint density at radius 2 is 1.76 bits per heavy atom. The Morgan fingerprint density at radius 1 is 1.18 bits per heavy atom. The molecule has 0 aliphatic heterocycles. The van der Waals surface area contributed by atoms with Crippen LogP contribution in [-0.4, -0.2) is 6.04 Å². The zero-order valence-electron chi connectivity index (χ0n) is 12.6. The summed E-state index contributed by atoms with van der Waals surface area (Å²) in [6.45, 7) is 11.9. The Bertz CT molecular complexity index is 218. The summed E-state index contributed by atoms with van der Waals surface area (Å²) in [7, 11) is 0. The van der Waals surface area contributed by atoms with Gasteiger partial charge in [0.1, 0.15) is 0 Å². The summed E-state index contributed by atoms with van der Waals surface area (Å²) in [5.41, 5.74) is 6.84. The van der Waals surface area contributed by atoms with E-state index in [0.717, 1.165) is 17.8 Å². The fraction of sp³-hybridized carbons (Fsp3) is 1.00. The maximum absolute atomic E-state index is 6.41. The number of hydrogen-bond donors (Lipinski definition) is 1. The predicted octanol–water partition coefficient (Wildman–Crippen LogP) is 4.60. The molecule has 0 aromatic carbocycles. The molecule has 1 saturated carbocycles. The van der Waals surface area contributed by atoms with Crippen molar-refractivity contribution < 1.29 is 0 Å². The van der Waals surface area contributed by atoms with Crippen LogP contribution >= 0.6 is 0 Å². The van der Waals surface area contributed by atoms with Crippen molar-refractivity contribution in [1.82, 2.24) is 0 Å². The zero-order chi connectivity index (χ0) is 13.1. The Kier molecular flexibility index (Phi) is 5.50. The van der Waals surface area contributed by atoms with Crippen LogP contribution in [0.1, 0.15) is 73.1 Å². The van der Waals surface area contributed by atoms with Gasteiger partial charge in [0.05, 0.1) is 0 Å². The van der Waals surface area contributed by atoms with Crippen LogP contribution in [0.2, 0.25) is 0 Å². The maximum Gasteiger partial charge on any atom is 0.00747 e. The van der Waals surface area contributed by atoms with Crippen LogP contribution in [0.3, 0.4) is 0 Å². The van der Waals surface area contributed by atoms with Gasteiger partial charge in [-0.2, -0.15) is 0 Å². The lowest BCUT2D eigenvalue weighted by molar-refractivity contribution is 0.0855. The van der Waals surface area contributed by atoms with Crippen LogP contribution in [0.4, 0.5) is 0 Å². The SMILES string of the molecule is CCC(CC)CC(C)(C)C1CCC(C)CC1N. The van der Waals surface area contributed by atoms with Gasteiger partial charge < -0.3 is 5.73 Å². The second-order valence-corrected chi connectivity index (χ2v) is 7.06. The first kappa shape index (κ1) is 15.0. The molecule has 0 aromatic rings. The molecule has 1 aliphatic rings. The Balaban J connectivity index is 2.62. The summed E-state index contributed by atoms with van der Waals surface area (Å²) in [6, 6.07) is 0.433. The fourth-order valence-electron chi connectivity index (χ4n) is 3.87. The molecule has 0 amide bonds. The summed E-state index contributed by atoms with van der Waals surface area (Å²) in [5.74, 6) is 2.46. The maximum atomic E-state index is 6.41. The van der Waals surface area contributed by atoms with E-state index >= 15 is 0 Å². The quantitative estimate of drug-likeness (QED) is 0.745. The van der Waals surface area contributed by atoms with Crippen molar-refractivity contribution >= 4 is 0 Å². The van der Waals surface area contributed by atoms with Gasteiger partial charge in [0.2, 0.25) is 0 Å². The van der Waals surface area contributed by atoms with Crippen molar-refractivity contribution in [3.63, 3.8) is 0 Å². The molecule has 0 radical (unpaired) electrons. The van der Waals surface area contributed by atoms with Crippen LogP contribution in [0.25, 0.3) is 0 Å². The zero-order valence-corrected chi connectivity index (χ0v) is 12.6. The number of hydrogen-bond acceptors (Lipinski definition) is 1. The topological polar surface area (TPSA) is 26.0 Å². The van der Waals surface area contributed by atoms with Gasteiger partial charge in [0.25, 0.3) is 0 Å². The largest absolute Gasteiger partial charge is 0.327 e. The Hall–Kier alpha value is -0.0400. The summed E-state index contributed by atoms with van der Waals surface area (Å²) in [4.78, 5) is 0. The van der Waals surface area contributed by atoms with Gasteiger partial charge in [-0.05, 0) is 42.4 Å². The van der Waals surface area contributed by atoms with Gasteiger partial charge >= 0.3 is 0 Å². The molecule has 17 heavy (non-hydrogen) atoms. The molecule has 0 saturated heterocycles. The minimum atomic E-state index is 0.427. The van der Waals surface area contributed by atoms with Gasteiger partial charge in [0.15, 0.2) is 0 Å². The van der Waals surface area contributed by atoms with Crippen molar-refractivity contribution in [2.75, 3.05) is 0 Å². The van der Waals surface area contributed by atoms with Gasteiger partial charge in [-0.15, -0.1) is 0 Å². The van der Waals surface area contributed by atoms with Crippen LogP contribution in [0, 0.1) is 23.2 Å². The van der Waals surface area contributed by atoms with E-state index in [1.165, 1.54) is 38.5 Å². The molecule has 1 nitrogen and oxygen atoms in total. The van der Waals surface area contributed by atoms with Crippen LogP contribution in [-0.2, 0) is 0 Å². The lowest BCUT2D eigenvalue weighted by Gasteiger charge is -2.44. The second-order valence-electron chi connectivity index (χ2n) is 7.06. The number of nitrogens with two attached hydrogens (primary N) is 1. The van der Waals surface area contributed by atoms with Gasteiger partial charge in [0, 0.05) is 6.04 Å². The normalized spacial score (nSPS) is 30.9. The molecule has 0 spiro atoms. The molecule has 1 heteroatoms.